The Hall–Kier alpha value is -1.95. The van der Waals surface area contributed by atoms with Gasteiger partial charge in [-0.15, -0.1) is 0 Å². The molecule has 0 bridgehead atoms. The van der Waals surface area contributed by atoms with Gasteiger partial charge in [-0.2, -0.15) is 0 Å². The molecule has 0 unspecified atom stereocenters. The van der Waals surface area contributed by atoms with E-state index < -0.39 is 0 Å². The van der Waals surface area contributed by atoms with E-state index in [0.717, 1.165) is 23.9 Å². The van der Waals surface area contributed by atoms with Gasteiger partial charge in [-0.05, 0) is 37.1 Å². The number of nitrogens with zero attached hydrogens (tertiary/aromatic N) is 3. The number of likely N-dealkylation sites (tertiary alicyclic amines) is 1. The summed E-state index contributed by atoms with van der Waals surface area (Å²) >= 11 is 3.40. The van der Waals surface area contributed by atoms with Crippen LogP contribution in [0.2, 0.25) is 0 Å². The minimum Gasteiger partial charge on any atom is -0.458 e. The van der Waals surface area contributed by atoms with Crippen LogP contribution in [0.5, 0.6) is 6.01 Å². The van der Waals surface area contributed by atoms with Gasteiger partial charge >= 0.3 is 6.01 Å². The molecule has 0 radical (unpaired) electrons. The predicted molar refractivity (Wildman–Crippen MR) is 85.7 cm³/mol. The molecule has 0 spiro atoms. The third-order valence-electron chi connectivity index (χ3n) is 3.55. The largest absolute Gasteiger partial charge is 0.458 e. The first kappa shape index (κ1) is 15.0. The van der Waals surface area contributed by atoms with Crippen LogP contribution < -0.4 is 4.74 Å². The molecule has 1 atom stereocenters. The summed E-state index contributed by atoms with van der Waals surface area (Å²) in [6.45, 7) is 1.31. The molecule has 0 aliphatic carbocycles. The number of carbonyl (C=O) groups is 1. The van der Waals surface area contributed by atoms with E-state index in [1.54, 1.807) is 18.5 Å². The number of piperidine rings is 1. The van der Waals surface area contributed by atoms with Gasteiger partial charge in [0.1, 0.15) is 6.10 Å². The highest BCUT2D eigenvalue weighted by molar-refractivity contribution is 9.10. The second-order valence-electron chi connectivity index (χ2n) is 5.17. The van der Waals surface area contributed by atoms with Gasteiger partial charge < -0.3 is 9.64 Å². The van der Waals surface area contributed by atoms with E-state index >= 15 is 0 Å². The van der Waals surface area contributed by atoms with Gasteiger partial charge in [-0.25, -0.2) is 9.97 Å². The smallest absolute Gasteiger partial charge is 0.316 e. The molecule has 1 amide bonds. The monoisotopic (exact) mass is 361 g/mol. The first-order valence-corrected chi connectivity index (χ1v) is 8.00. The van der Waals surface area contributed by atoms with Crippen molar-refractivity contribution in [3.8, 4) is 6.01 Å². The molecule has 2 aromatic rings. The minimum absolute atomic E-state index is 0.0311. The first-order valence-electron chi connectivity index (χ1n) is 7.21. The van der Waals surface area contributed by atoms with Gasteiger partial charge in [0.15, 0.2) is 0 Å². The van der Waals surface area contributed by atoms with Gasteiger partial charge in [0.05, 0.1) is 6.54 Å². The van der Waals surface area contributed by atoms with Crippen LogP contribution in [-0.4, -0.2) is 40.0 Å². The van der Waals surface area contributed by atoms with Crippen molar-refractivity contribution in [2.45, 2.75) is 18.9 Å². The number of aromatic nitrogens is 2. The van der Waals surface area contributed by atoms with Crippen molar-refractivity contribution >= 4 is 21.8 Å². The Labute approximate surface area is 137 Å². The topological polar surface area (TPSA) is 55.3 Å². The van der Waals surface area contributed by atoms with Crippen molar-refractivity contribution in [1.82, 2.24) is 14.9 Å². The first-order chi connectivity index (χ1) is 10.7. The fraction of sp³-hybridized carbons (Fsp3) is 0.312. The number of amides is 1. The lowest BCUT2D eigenvalue weighted by Gasteiger charge is -2.32. The van der Waals surface area contributed by atoms with Gasteiger partial charge in [0.25, 0.3) is 5.91 Å². The molecular formula is C16H16BrN3O2. The van der Waals surface area contributed by atoms with Gasteiger partial charge in [-0.1, -0.05) is 22.0 Å². The Bertz CT molecular complexity index is 651. The van der Waals surface area contributed by atoms with Crippen LogP contribution in [0.4, 0.5) is 0 Å². The Morgan fingerprint density at radius 2 is 2.09 bits per heavy atom. The lowest BCUT2D eigenvalue weighted by Crippen LogP contribution is -2.44. The highest BCUT2D eigenvalue weighted by Crippen LogP contribution is 2.19. The number of halogens is 1. The summed E-state index contributed by atoms with van der Waals surface area (Å²) < 4.78 is 6.67. The molecule has 1 aliphatic rings. The molecule has 1 aromatic heterocycles. The van der Waals surface area contributed by atoms with Crippen molar-refractivity contribution in [3.63, 3.8) is 0 Å². The van der Waals surface area contributed by atoms with E-state index in [1.165, 1.54) is 0 Å². The summed E-state index contributed by atoms with van der Waals surface area (Å²) in [7, 11) is 0. The summed E-state index contributed by atoms with van der Waals surface area (Å²) in [6.07, 6.45) is 5.05. The fourth-order valence-electron chi connectivity index (χ4n) is 2.52. The van der Waals surface area contributed by atoms with Crippen molar-refractivity contribution in [2.75, 3.05) is 13.1 Å². The molecule has 1 aromatic carbocycles. The highest BCUT2D eigenvalue weighted by Gasteiger charge is 2.26. The lowest BCUT2D eigenvalue weighted by atomic mass is 10.1. The predicted octanol–water partition coefficient (Wildman–Crippen LogP) is 2.92. The van der Waals surface area contributed by atoms with Crippen LogP contribution in [0.1, 0.15) is 23.2 Å². The molecule has 2 heterocycles. The van der Waals surface area contributed by atoms with Crippen molar-refractivity contribution in [2.24, 2.45) is 0 Å². The number of ether oxygens (including phenoxy) is 1. The number of hydrogen-bond donors (Lipinski definition) is 0. The molecular weight excluding hydrogens is 346 g/mol. The van der Waals surface area contributed by atoms with Gasteiger partial charge in [0.2, 0.25) is 0 Å². The molecule has 22 heavy (non-hydrogen) atoms. The van der Waals surface area contributed by atoms with Crippen molar-refractivity contribution < 1.29 is 9.53 Å². The Morgan fingerprint density at radius 1 is 1.27 bits per heavy atom. The molecule has 1 fully saturated rings. The third-order valence-corrected chi connectivity index (χ3v) is 4.04. The van der Waals surface area contributed by atoms with Crippen LogP contribution in [0.25, 0.3) is 0 Å². The quantitative estimate of drug-likeness (QED) is 0.843. The summed E-state index contributed by atoms with van der Waals surface area (Å²) in [5.74, 6) is 0.0311. The van der Waals surface area contributed by atoms with Crippen LogP contribution in [0.3, 0.4) is 0 Å². The third kappa shape index (κ3) is 3.62. The zero-order valence-corrected chi connectivity index (χ0v) is 13.6. The summed E-state index contributed by atoms with van der Waals surface area (Å²) in [5.41, 5.74) is 0.686. The maximum absolute atomic E-state index is 12.6. The van der Waals surface area contributed by atoms with E-state index in [2.05, 4.69) is 25.9 Å². The Balaban J connectivity index is 1.66. The summed E-state index contributed by atoms with van der Waals surface area (Å²) in [4.78, 5) is 22.5. The van der Waals surface area contributed by atoms with Crippen LogP contribution in [0.15, 0.2) is 47.2 Å². The zero-order valence-electron chi connectivity index (χ0n) is 12.0. The van der Waals surface area contributed by atoms with E-state index in [0.29, 0.717) is 18.1 Å². The van der Waals surface area contributed by atoms with E-state index in [1.807, 2.05) is 29.2 Å². The SMILES string of the molecule is O=C(c1cccc(Br)c1)N1CCC[C@@H](Oc2ncccn2)C1. The molecule has 3 rings (SSSR count). The normalized spacial score (nSPS) is 18.0. The number of rotatable bonds is 3. The highest BCUT2D eigenvalue weighted by atomic mass is 79.9. The molecule has 1 aliphatic heterocycles. The molecule has 114 valence electrons. The molecule has 5 nitrogen and oxygen atoms in total. The number of carbonyl (C=O) groups excluding carboxylic acids is 1. The Morgan fingerprint density at radius 3 is 2.86 bits per heavy atom. The standard InChI is InChI=1S/C16H16BrN3O2/c17-13-5-1-4-12(10-13)15(21)20-9-2-6-14(11-20)22-16-18-7-3-8-19-16/h1,3-5,7-8,10,14H,2,6,9,11H2/t14-/m1/s1. The molecule has 0 saturated carbocycles. The zero-order chi connectivity index (χ0) is 15.4. The summed E-state index contributed by atoms with van der Waals surface area (Å²) in [6, 6.07) is 9.56. The fourth-order valence-corrected chi connectivity index (χ4v) is 2.92. The molecule has 1 saturated heterocycles. The van der Waals surface area contributed by atoms with Gasteiger partial charge in [0, 0.05) is 29.0 Å². The second-order valence-corrected chi connectivity index (χ2v) is 6.09. The number of benzene rings is 1. The van der Waals surface area contributed by atoms with Crippen LogP contribution in [0, 0.1) is 0 Å². The summed E-state index contributed by atoms with van der Waals surface area (Å²) in [5, 5.41) is 0. The minimum atomic E-state index is -0.0627. The van der Waals surface area contributed by atoms with Gasteiger partial charge in [-0.3, -0.25) is 4.79 Å². The average molecular weight is 362 g/mol. The average Bonchev–Trinajstić information content (AvgIpc) is 2.55. The van der Waals surface area contributed by atoms with Crippen molar-refractivity contribution in [1.29, 1.82) is 0 Å². The maximum Gasteiger partial charge on any atom is 0.316 e. The van der Waals surface area contributed by atoms with E-state index in [4.69, 9.17) is 4.74 Å². The van der Waals surface area contributed by atoms with Crippen LogP contribution >= 0.6 is 15.9 Å². The van der Waals surface area contributed by atoms with E-state index in [9.17, 15) is 4.79 Å². The molecule has 6 heteroatoms. The van der Waals surface area contributed by atoms with Crippen molar-refractivity contribution in [3.05, 3.63) is 52.8 Å². The van der Waals surface area contributed by atoms with Crippen LogP contribution in [-0.2, 0) is 0 Å². The maximum atomic E-state index is 12.6. The lowest BCUT2D eigenvalue weighted by molar-refractivity contribution is 0.0515. The van der Waals surface area contributed by atoms with E-state index in [-0.39, 0.29) is 12.0 Å². The Kier molecular flexibility index (Phi) is 4.68. The number of hydrogen-bond acceptors (Lipinski definition) is 4. The second kappa shape index (κ2) is 6.87. The molecule has 0 N–H and O–H groups in total.